The fourth-order valence-electron chi connectivity index (χ4n) is 3.47. The van der Waals surface area contributed by atoms with Crippen molar-refractivity contribution in [3.05, 3.63) is 58.6 Å². The third kappa shape index (κ3) is 4.83. The Morgan fingerprint density at radius 1 is 1.13 bits per heavy atom. The predicted octanol–water partition coefficient (Wildman–Crippen LogP) is 2.86. The molecule has 160 valence electrons. The lowest BCUT2D eigenvalue weighted by atomic mass is 10.2. The van der Waals surface area contributed by atoms with E-state index in [-0.39, 0.29) is 11.4 Å². The average molecular weight is 450 g/mol. The van der Waals surface area contributed by atoms with Crippen LogP contribution in [-0.2, 0) is 19.6 Å². The Kier molecular flexibility index (Phi) is 6.80. The smallest absolute Gasteiger partial charge is 0.313 e. The van der Waals surface area contributed by atoms with Crippen LogP contribution in [0.3, 0.4) is 0 Å². The second kappa shape index (κ2) is 9.16. The lowest BCUT2D eigenvalue weighted by Crippen LogP contribution is -2.45. The van der Waals surface area contributed by atoms with Crippen molar-refractivity contribution in [1.29, 1.82) is 0 Å². The highest BCUT2D eigenvalue weighted by atomic mass is 35.5. The summed E-state index contributed by atoms with van der Waals surface area (Å²) in [4.78, 5) is 24.6. The van der Waals surface area contributed by atoms with Gasteiger partial charge in [0.1, 0.15) is 0 Å². The first-order valence-electron chi connectivity index (χ1n) is 9.63. The van der Waals surface area contributed by atoms with Gasteiger partial charge in [0.2, 0.25) is 10.0 Å². The van der Waals surface area contributed by atoms with Crippen LogP contribution in [0.15, 0.2) is 47.4 Å². The molecule has 7 nitrogen and oxygen atoms in total. The van der Waals surface area contributed by atoms with Crippen molar-refractivity contribution < 1.29 is 18.0 Å². The molecule has 0 bridgehead atoms. The summed E-state index contributed by atoms with van der Waals surface area (Å²) in [6.07, 6.45) is 1.30. The number of carbonyl (C=O) groups excluding carboxylic acids is 2. The first kappa shape index (κ1) is 22.3. The number of amides is 2. The van der Waals surface area contributed by atoms with E-state index in [0.717, 1.165) is 5.56 Å². The summed E-state index contributed by atoms with van der Waals surface area (Å²) < 4.78 is 27.8. The molecule has 0 aliphatic carbocycles. The molecule has 0 saturated carbocycles. The summed E-state index contributed by atoms with van der Waals surface area (Å²) in [5.74, 6) is -1.70. The minimum Gasteiger partial charge on any atom is -0.346 e. The maximum atomic E-state index is 13.2. The molecule has 3 rings (SSSR count). The highest BCUT2D eigenvalue weighted by Crippen LogP contribution is 2.28. The summed E-state index contributed by atoms with van der Waals surface area (Å²) in [6, 6.07) is 11.5. The van der Waals surface area contributed by atoms with Gasteiger partial charge in [0, 0.05) is 19.1 Å². The molecule has 2 N–H and O–H groups in total. The number of carbonyl (C=O) groups is 2. The van der Waals surface area contributed by atoms with Gasteiger partial charge in [-0.3, -0.25) is 9.59 Å². The monoisotopic (exact) mass is 449 g/mol. The van der Waals surface area contributed by atoms with Crippen molar-refractivity contribution in [2.45, 2.75) is 37.6 Å². The second-order valence-electron chi connectivity index (χ2n) is 7.32. The number of para-hydroxylation sites is 1. The van der Waals surface area contributed by atoms with E-state index in [1.807, 2.05) is 13.0 Å². The van der Waals surface area contributed by atoms with Gasteiger partial charge in [0.15, 0.2) is 0 Å². The Hall–Kier alpha value is -2.42. The van der Waals surface area contributed by atoms with Crippen LogP contribution < -0.4 is 10.6 Å². The highest BCUT2D eigenvalue weighted by molar-refractivity contribution is 7.89. The molecular weight excluding hydrogens is 426 g/mol. The van der Waals surface area contributed by atoms with Crippen molar-refractivity contribution in [2.24, 2.45) is 0 Å². The van der Waals surface area contributed by atoms with Gasteiger partial charge in [-0.2, -0.15) is 4.31 Å². The van der Waals surface area contributed by atoms with Gasteiger partial charge in [-0.05, 0) is 56.0 Å². The quantitative estimate of drug-likeness (QED) is 0.686. The molecule has 0 aromatic heterocycles. The molecule has 1 fully saturated rings. The van der Waals surface area contributed by atoms with E-state index in [9.17, 15) is 18.0 Å². The van der Waals surface area contributed by atoms with Crippen molar-refractivity contribution >= 4 is 39.1 Å². The predicted molar refractivity (Wildman–Crippen MR) is 116 cm³/mol. The normalized spacial score (nSPS) is 17.0. The largest absolute Gasteiger partial charge is 0.346 e. The highest BCUT2D eigenvalue weighted by Gasteiger charge is 2.36. The Bertz CT molecular complexity index is 1070. The number of hydrogen-bond donors (Lipinski definition) is 2. The van der Waals surface area contributed by atoms with E-state index < -0.39 is 27.9 Å². The third-order valence-electron chi connectivity index (χ3n) is 5.08. The molecule has 1 atom stereocenters. The van der Waals surface area contributed by atoms with Gasteiger partial charge >= 0.3 is 11.8 Å². The van der Waals surface area contributed by atoms with E-state index in [0.29, 0.717) is 35.7 Å². The van der Waals surface area contributed by atoms with Gasteiger partial charge in [0.25, 0.3) is 0 Å². The Labute approximate surface area is 181 Å². The molecule has 2 aromatic rings. The van der Waals surface area contributed by atoms with Crippen LogP contribution in [0.5, 0.6) is 0 Å². The lowest BCUT2D eigenvalue weighted by molar-refractivity contribution is -0.136. The molecular formula is C21H24ClN3O4S. The maximum Gasteiger partial charge on any atom is 0.313 e. The van der Waals surface area contributed by atoms with Gasteiger partial charge < -0.3 is 10.6 Å². The molecule has 2 amide bonds. The van der Waals surface area contributed by atoms with E-state index in [4.69, 9.17) is 11.6 Å². The van der Waals surface area contributed by atoms with Crippen molar-refractivity contribution in [1.82, 2.24) is 9.62 Å². The molecule has 0 radical (unpaired) electrons. The zero-order chi connectivity index (χ0) is 21.9. The molecule has 30 heavy (non-hydrogen) atoms. The molecule has 0 spiro atoms. The van der Waals surface area contributed by atoms with Crippen molar-refractivity contribution in [2.75, 3.05) is 18.4 Å². The summed E-state index contributed by atoms with van der Waals surface area (Å²) in [5.41, 5.74) is 1.87. The number of anilines is 1. The molecule has 1 saturated heterocycles. The SMILES string of the molecule is Cc1ccc(C)c(S(=O)(=O)N2CCCC2CNC(=O)C(=O)Nc2ccccc2Cl)c1. The molecule has 1 aliphatic rings. The minimum absolute atomic E-state index is 0.0544. The first-order valence-corrected chi connectivity index (χ1v) is 11.4. The Balaban J connectivity index is 1.66. The second-order valence-corrected chi connectivity index (χ2v) is 9.59. The van der Waals surface area contributed by atoms with E-state index in [1.54, 1.807) is 43.3 Å². The number of nitrogens with zero attached hydrogens (tertiary/aromatic N) is 1. The number of hydrogen-bond acceptors (Lipinski definition) is 4. The first-order chi connectivity index (χ1) is 14.2. The van der Waals surface area contributed by atoms with Gasteiger partial charge in [-0.25, -0.2) is 8.42 Å². The van der Waals surface area contributed by atoms with Crippen LogP contribution in [0.2, 0.25) is 5.02 Å². The van der Waals surface area contributed by atoms with Crippen LogP contribution in [0, 0.1) is 13.8 Å². The van der Waals surface area contributed by atoms with E-state index in [1.165, 1.54) is 4.31 Å². The van der Waals surface area contributed by atoms with Gasteiger partial charge in [0.05, 0.1) is 15.6 Å². The topological polar surface area (TPSA) is 95.6 Å². The number of sulfonamides is 1. The minimum atomic E-state index is -3.70. The van der Waals surface area contributed by atoms with Crippen LogP contribution >= 0.6 is 11.6 Å². The number of aryl methyl sites for hydroxylation is 2. The number of rotatable bonds is 5. The zero-order valence-electron chi connectivity index (χ0n) is 16.8. The Morgan fingerprint density at radius 3 is 2.60 bits per heavy atom. The molecule has 9 heteroatoms. The van der Waals surface area contributed by atoms with E-state index in [2.05, 4.69) is 10.6 Å². The van der Waals surface area contributed by atoms with Crippen molar-refractivity contribution in [3.8, 4) is 0 Å². The summed E-state index contributed by atoms with van der Waals surface area (Å²) in [6.45, 7) is 4.04. The summed E-state index contributed by atoms with van der Waals surface area (Å²) in [5, 5.41) is 5.31. The van der Waals surface area contributed by atoms with Gasteiger partial charge in [-0.1, -0.05) is 35.9 Å². The Morgan fingerprint density at radius 2 is 1.87 bits per heavy atom. The molecule has 2 aromatic carbocycles. The molecule has 1 unspecified atom stereocenters. The number of halogens is 1. The van der Waals surface area contributed by atoms with E-state index >= 15 is 0 Å². The number of benzene rings is 2. The lowest BCUT2D eigenvalue weighted by Gasteiger charge is -2.25. The summed E-state index contributed by atoms with van der Waals surface area (Å²) >= 11 is 5.99. The number of nitrogens with one attached hydrogen (secondary N) is 2. The van der Waals surface area contributed by atoms with Crippen LogP contribution in [0.25, 0.3) is 0 Å². The molecule has 1 aliphatic heterocycles. The third-order valence-corrected chi connectivity index (χ3v) is 7.50. The summed E-state index contributed by atoms with van der Waals surface area (Å²) in [7, 11) is -3.70. The van der Waals surface area contributed by atoms with Crippen LogP contribution in [-0.4, -0.2) is 43.7 Å². The van der Waals surface area contributed by atoms with Crippen molar-refractivity contribution in [3.63, 3.8) is 0 Å². The zero-order valence-corrected chi connectivity index (χ0v) is 18.4. The fourth-order valence-corrected chi connectivity index (χ4v) is 5.66. The maximum absolute atomic E-state index is 13.2. The van der Waals surface area contributed by atoms with Crippen LogP contribution in [0.4, 0.5) is 5.69 Å². The molecule has 1 heterocycles. The van der Waals surface area contributed by atoms with Gasteiger partial charge in [-0.15, -0.1) is 0 Å². The average Bonchev–Trinajstić information content (AvgIpc) is 3.19. The standard InChI is InChI=1S/C21H24ClN3O4S/c1-14-9-10-15(2)19(12-14)30(28,29)25-11-5-6-16(25)13-23-20(26)21(27)24-18-8-4-3-7-17(18)22/h3-4,7-10,12,16H,5-6,11,13H2,1-2H3,(H,23,26)(H,24,27). The fraction of sp³-hybridized carbons (Fsp3) is 0.333. The van der Waals surface area contributed by atoms with Crippen LogP contribution in [0.1, 0.15) is 24.0 Å².